The molecule has 5 rings (SSSR count). The minimum Gasteiger partial charge on any atom is -0.493 e. The van der Waals surface area contributed by atoms with E-state index in [1.165, 1.54) is 11.8 Å². The van der Waals surface area contributed by atoms with Crippen LogP contribution in [0.25, 0.3) is 11.0 Å². The summed E-state index contributed by atoms with van der Waals surface area (Å²) in [6.07, 6.45) is 1.90. The highest BCUT2D eigenvalue weighted by atomic mass is 32.1. The molecule has 0 radical (unpaired) electrons. The number of para-hydroxylation sites is 1. The van der Waals surface area contributed by atoms with Gasteiger partial charge < -0.3 is 13.9 Å². The molecule has 0 saturated carbocycles. The number of methoxy groups -OCH3 is 1. The van der Waals surface area contributed by atoms with E-state index in [-0.39, 0.29) is 22.5 Å². The SMILES string of the molecule is CCCCOc1ccc(C2c3c(oc4ccccc4c3=O)C(=O)N2c2nc(C)c(C(C)=O)s2)cc1OC. The summed E-state index contributed by atoms with van der Waals surface area (Å²) in [5.41, 5.74) is 1.42. The second-order valence-electron chi connectivity index (χ2n) is 8.83. The van der Waals surface area contributed by atoms with Gasteiger partial charge in [-0.05, 0) is 43.2 Å². The average molecular weight is 519 g/mol. The van der Waals surface area contributed by atoms with Crippen molar-refractivity contribution < 1.29 is 23.5 Å². The molecule has 0 N–H and O–H groups in total. The summed E-state index contributed by atoms with van der Waals surface area (Å²) in [6, 6.07) is 11.4. The molecule has 1 aliphatic rings. The largest absolute Gasteiger partial charge is 0.493 e. The molecule has 9 heteroatoms. The van der Waals surface area contributed by atoms with Gasteiger partial charge in [-0.2, -0.15) is 0 Å². The zero-order chi connectivity index (χ0) is 26.3. The van der Waals surface area contributed by atoms with E-state index in [9.17, 15) is 14.4 Å². The number of thiazole rings is 1. The van der Waals surface area contributed by atoms with Crippen LogP contribution in [0.2, 0.25) is 0 Å². The van der Waals surface area contributed by atoms with Crippen molar-refractivity contribution in [2.75, 3.05) is 18.6 Å². The van der Waals surface area contributed by atoms with Gasteiger partial charge in [0.1, 0.15) is 5.58 Å². The maximum absolute atomic E-state index is 13.8. The third kappa shape index (κ3) is 4.19. The number of aryl methyl sites for hydroxylation is 1. The molecule has 3 heterocycles. The molecule has 4 aromatic rings. The minimum atomic E-state index is -0.827. The van der Waals surface area contributed by atoms with Crippen molar-refractivity contribution >= 4 is 39.1 Å². The van der Waals surface area contributed by atoms with Crippen LogP contribution in [0.4, 0.5) is 5.13 Å². The molecule has 1 atom stereocenters. The van der Waals surface area contributed by atoms with Gasteiger partial charge in [-0.25, -0.2) is 4.98 Å². The Hall–Kier alpha value is -3.98. The van der Waals surface area contributed by atoms with Gasteiger partial charge in [-0.1, -0.05) is 42.9 Å². The highest BCUT2D eigenvalue weighted by Gasteiger charge is 2.45. The number of fused-ring (bicyclic) bond motifs is 2. The first kappa shape index (κ1) is 24.7. The van der Waals surface area contributed by atoms with Gasteiger partial charge in [0.05, 0.1) is 41.3 Å². The highest BCUT2D eigenvalue weighted by molar-refractivity contribution is 7.17. The van der Waals surface area contributed by atoms with E-state index in [0.717, 1.165) is 24.2 Å². The van der Waals surface area contributed by atoms with Crippen LogP contribution in [-0.2, 0) is 0 Å². The molecule has 0 spiro atoms. The van der Waals surface area contributed by atoms with Crippen LogP contribution in [0.5, 0.6) is 11.5 Å². The van der Waals surface area contributed by atoms with Crippen LogP contribution < -0.4 is 19.8 Å². The number of anilines is 1. The Morgan fingerprint density at radius 2 is 1.95 bits per heavy atom. The highest BCUT2D eigenvalue weighted by Crippen LogP contribution is 2.44. The van der Waals surface area contributed by atoms with Crippen molar-refractivity contribution in [2.45, 2.75) is 39.7 Å². The Bertz CT molecular complexity index is 1590. The first-order chi connectivity index (χ1) is 17.8. The maximum atomic E-state index is 13.8. The number of rotatable bonds is 8. The van der Waals surface area contributed by atoms with Gasteiger partial charge >= 0.3 is 0 Å². The summed E-state index contributed by atoms with van der Waals surface area (Å²) < 4.78 is 17.5. The number of Topliss-reactive ketones (excluding diaryl/α,β-unsaturated/α-hetero) is 1. The lowest BCUT2D eigenvalue weighted by Gasteiger charge is -2.23. The number of carbonyl (C=O) groups is 2. The number of hydrogen-bond acceptors (Lipinski definition) is 8. The molecule has 37 heavy (non-hydrogen) atoms. The monoisotopic (exact) mass is 518 g/mol. The molecular formula is C28H26N2O6S. The third-order valence-electron chi connectivity index (χ3n) is 6.35. The molecule has 0 bridgehead atoms. The Morgan fingerprint density at radius 3 is 2.65 bits per heavy atom. The molecule has 1 aliphatic heterocycles. The minimum absolute atomic E-state index is 0.0341. The molecule has 0 saturated heterocycles. The number of benzene rings is 2. The average Bonchev–Trinajstić information content (AvgIpc) is 3.42. The lowest BCUT2D eigenvalue weighted by Crippen LogP contribution is -2.29. The summed E-state index contributed by atoms with van der Waals surface area (Å²) in [6.45, 7) is 5.82. The Kier molecular flexibility index (Phi) is 6.55. The van der Waals surface area contributed by atoms with Gasteiger partial charge in [-0.15, -0.1) is 0 Å². The van der Waals surface area contributed by atoms with Gasteiger partial charge in [0.2, 0.25) is 5.76 Å². The van der Waals surface area contributed by atoms with Crippen molar-refractivity contribution in [3.05, 3.63) is 80.1 Å². The molecule has 190 valence electrons. The number of unbranched alkanes of at least 4 members (excludes halogenated alkanes) is 1. The van der Waals surface area contributed by atoms with Crippen LogP contribution in [0.1, 0.15) is 69.8 Å². The van der Waals surface area contributed by atoms with Crippen LogP contribution in [0, 0.1) is 6.92 Å². The van der Waals surface area contributed by atoms with Gasteiger partial charge in [0.15, 0.2) is 27.8 Å². The van der Waals surface area contributed by atoms with Gasteiger partial charge in [0, 0.05) is 6.92 Å². The Balaban J connectivity index is 1.72. The predicted octanol–water partition coefficient (Wildman–Crippen LogP) is 5.70. The summed E-state index contributed by atoms with van der Waals surface area (Å²) in [5, 5.41) is 0.696. The van der Waals surface area contributed by atoms with E-state index in [2.05, 4.69) is 11.9 Å². The fraction of sp³-hybridized carbons (Fsp3) is 0.286. The molecule has 0 fully saturated rings. The number of ketones is 1. The van der Waals surface area contributed by atoms with Crippen LogP contribution >= 0.6 is 11.3 Å². The number of carbonyl (C=O) groups excluding carboxylic acids is 2. The van der Waals surface area contributed by atoms with E-state index in [4.69, 9.17) is 13.9 Å². The van der Waals surface area contributed by atoms with E-state index in [1.54, 1.807) is 50.4 Å². The predicted molar refractivity (Wildman–Crippen MR) is 141 cm³/mol. The Labute approximate surface area is 217 Å². The van der Waals surface area contributed by atoms with E-state index in [0.29, 0.717) is 50.3 Å². The number of amides is 1. The lowest BCUT2D eigenvalue weighted by molar-refractivity contribution is 0.0969. The molecule has 0 aliphatic carbocycles. The Morgan fingerprint density at radius 1 is 1.16 bits per heavy atom. The zero-order valence-electron chi connectivity index (χ0n) is 21.0. The van der Waals surface area contributed by atoms with Crippen LogP contribution in [0.15, 0.2) is 51.7 Å². The molecule has 1 unspecified atom stereocenters. The van der Waals surface area contributed by atoms with Crippen molar-refractivity contribution in [1.82, 2.24) is 4.98 Å². The number of nitrogens with zero attached hydrogens (tertiary/aromatic N) is 2. The molecule has 8 nitrogen and oxygen atoms in total. The van der Waals surface area contributed by atoms with E-state index < -0.39 is 11.9 Å². The fourth-order valence-corrected chi connectivity index (χ4v) is 5.53. The smallest absolute Gasteiger partial charge is 0.297 e. The van der Waals surface area contributed by atoms with Crippen molar-refractivity contribution in [2.24, 2.45) is 0 Å². The summed E-state index contributed by atoms with van der Waals surface area (Å²) >= 11 is 1.12. The second kappa shape index (κ2) is 9.82. The normalized spacial score (nSPS) is 14.8. The third-order valence-corrected chi connectivity index (χ3v) is 7.61. The molecule has 2 aromatic carbocycles. The summed E-state index contributed by atoms with van der Waals surface area (Å²) in [7, 11) is 1.54. The van der Waals surface area contributed by atoms with E-state index >= 15 is 0 Å². The quantitative estimate of drug-likeness (QED) is 0.218. The van der Waals surface area contributed by atoms with Crippen molar-refractivity contribution in [1.29, 1.82) is 0 Å². The van der Waals surface area contributed by atoms with Crippen LogP contribution in [0.3, 0.4) is 0 Å². The first-order valence-electron chi connectivity index (χ1n) is 12.0. The van der Waals surface area contributed by atoms with Crippen LogP contribution in [-0.4, -0.2) is 30.4 Å². The number of aromatic nitrogens is 1. The number of hydrogen-bond donors (Lipinski definition) is 0. The lowest BCUT2D eigenvalue weighted by atomic mass is 9.98. The van der Waals surface area contributed by atoms with Crippen molar-refractivity contribution in [3.8, 4) is 11.5 Å². The standard InChI is InChI=1S/C28H26N2O6S/c1-5-6-13-35-20-12-11-17(14-21(20)34-4)23-22-24(32)18-9-7-8-10-19(18)36-25(22)27(33)30(23)28-29-15(2)26(37-28)16(3)31/h7-12,14,23H,5-6,13H2,1-4H3. The summed E-state index contributed by atoms with van der Waals surface area (Å²) in [5.74, 6) is 0.393. The van der Waals surface area contributed by atoms with Crippen molar-refractivity contribution in [3.63, 3.8) is 0 Å². The first-order valence-corrected chi connectivity index (χ1v) is 12.9. The topological polar surface area (TPSA) is 98.9 Å². The summed E-state index contributed by atoms with van der Waals surface area (Å²) in [4.78, 5) is 46.1. The number of ether oxygens (including phenoxy) is 2. The van der Waals surface area contributed by atoms with E-state index in [1.807, 2.05) is 6.07 Å². The fourth-order valence-electron chi connectivity index (χ4n) is 4.54. The molecule has 1 amide bonds. The second-order valence-corrected chi connectivity index (χ2v) is 9.80. The van der Waals surface area contributed by atoms with Gasteiger partial charge in [-0.3, -0.25) is 19.3 Å². The van der Waals surface area contributed by atoms with Gasteiger partial charge in [0.25, 0.3) is 5.91 Å². The molecule has 2 aromatic heterocycles. The zero-order valence-corrected chi connectivity index (χ0v) is 21.8. The molecular weight excluding hydrogens is 492 g/mol. The maximum Gasteiger partial charge on any atom is 0.297 e.